The van der Waals surface area contributed by atoms with Crippen molar-refractivity contribution < 1.29 is 0 Å². The van der Waals surface area contributed by atoms with Gasteiger partial charge in [0.2, 0.25) is 0 Å². The van der Waals surface area contributed by atoms with E-state index in [9.17, 15) is 0 Å². The van der Waals surface area contributed by atoms with Crippen LogP contribution in [-0.4, -0.2) is 12.6 Å². The fourth-order valence-corrected chi connectivity index (χ4v) is 3.21. The first kappa shape index (κ1) is 11.2. The maximum atomic E-state index is 3.68. The molecule has 0 saturated heterocycles. The average Bonchev–Trinajstić information content (AvgIpc) is 2.62. The number of thiophene rings is 1. The van der Waals surface area contributed by atoms with E-state index in [1.54, 1.807) is 0 Å². The minimum Gasteiger partial charge on any atom is -0.313 e. The Hall–Kier alpha value is -0.340. The summed E-state index contributed by atoms with van der Waals surface area (Å²) in [7, 11) is 0. The second-order valence-electron chi connectivity index (χ2n) is 5.66. The first-order valence-electron chi connectivity index (χ1n) is 5.72. The molecule has 0 radical (unpaired) electrons. The van der Waals surface area contributed by atoms with Crippen molar-refractivity contribution >= 4 is 11.3 Å². The second-order valence-corrected chi connectivity index (χ2v) is 6.69. The van der Waals surface area contributed by atoms with Gasteiger partial charge in [-0.25, -0.2) is 0 Å². The van der Waals surface area contributed by atoms with E-state index < -0.39 is 0 Å². The molecule has 1 fully saturated rings. The summed E-state index contributed by atoms with van der Waals surface area (Å²) in [5.41, 5.74) is 0.922. The third kappa shape index (κ3) is 1.85. The molecule has 2 rings (SSSR count). The zero-order valence-corrected chi connectivity index (χ0v) is 10.9. The molecule has 1 heterocycles. The van der Waals surface area contributed by atoms with Gasteiger partial charge in [-0.1, -0.05) is 33.8 Å². The molecule has 1 saturated carbocycles. The molecule has 84 valence electrons. The summed E-state index contributed by atoms with van der Waals surface area (Å²) in [5.74, 6) is 0. The molecule has 1 N–H and O–H groups in total. The van der Waals surface area contributed by atoms with Gasteiger partial charge >= 0.3 is 0 Å². The summed E-state index contributed by atoms with van der Waals surface area (Å²) in [6.07, 6.45) is 1.17. The van der Waals surface area contributed by atoms with Crippen LogP contribution >= 0.6 is 11.3 Å². The number of nitrogens with one attached hydrogen (secondary N) is 1. The molecule has 1 nitrogen and oxygen atoms in total. The minimum atomic E-state index is 0.461. The lowest BCUT2D eigenvalue weighted by atomic mass is 10.0. The Morgan fingerprint density at radius 1 is 1.27 bits per heavy atom. The molecule has 0 amide bonds. The van der Waals surface area contributed by atoms with Gasteiger partial charge in [-0.05, 0) is 28.7 Å². The van der Waals surface area contributed by atoms with E-state index >= 15 is 0 Å². The molecule has 0 aromatic carbocycles. The standard InChI is InChI=1S/C13H21NS/c1-12(2)11(13(12,3)4)14-8-7-10-6-5-9-15-10/h5-6,9,11,14H,7-8H2,1-4H3. The summed E-state index contributed by atoms with van der Waals surface area (Å²) in [6.45, 7) is 10.5. The molecule has 0 atom stereocenters. The SMILES string of the molecule is CC1(C)C(NCCc2cccs2)C1(C)C. The fraction of sp³-hybridized carbons (Fsp3) is 0.692. The molecule has 0 bridgehead atoms. The van der Waals surface area contributed by atoms with Crippen LogP contribution < -0.4 is 5.32 Å². The van der Waals surface area contributed by atoms with E-state index in [1.807, 2.05) is 11.3 Å². The number of rotatable bonds is 4. The molecule has 0 aliphatic heterocycles. The first-order chi connectivity index (χ1) is 6.96. The van der Waals surface area contributed by atoms with E-state index in [2.05, 4.69) is 50.5 Å². The van der Waals surface area contributed by atoms with Gasteiger partial charge in [0.15, 0.2) is 0 Å². The van der Waals surface area contributed by atoms with Crippen molar-refractivity contribution in [1.29, 1.82) is 0 Å². The summed E-state index contributed by atoms with van der Waals surface area (Å²) >= 11 is 1.85. The number of hydrogen-bond acceptors (Lipinski definition) is 2. The molecule has 1 aromatic heterocycles. The van der Waals surface area contributed by atoms with Crippen molar-refractivity contribution in [3.8, 4) is 0 Å². The Balaban J connectivity index is 1.77. The molecule has 0 unspecified atom stereocenters. The van der Waals surface area contributed by atoms with Gasteiger partial charge in [0.1, 0.15) is 0 Å². The molecule has 15 heavy (non-hydrogen) atoms. The van der Waals surface area contributed by atoms with Crippen LogP contribution in [0.1, 0.15) is 32.6 Å². The molecule has 2 heteroatoms. The zero-order valence-electron chi connectivity index (χ0n) is 10.1. The Morgan fingerprint density at radius 2 is 1.93 bits per heavy atom. The maximum absolute atomic E-state index is 3.68. The van der Waals surface area contributed by atoms with Gasteiger partial charge in [-0.15, -0.1) is 11.3 Å². The third-order valence-electron chi connectivity index (χ3n) is 4.32. The Bertz CT molecular complexity index is 310. The summed E-state index contributed by atoms with van der Waals surface area (Å²) in [6, 6.07) is 5.03. The van der Waals surface area contributed by atoms with Crippen molar-refractivity contribution in [1.82, 2.24) is 5.32 Å². The highest BCUT2D eigenvalue weighted by Gasteiger charge is 2.64. The Morgan fingerprint density at radius 3 is 2.40 bits per heavy atom. The quantitative estimate of drug-likeness (QED) is 0.825. The minimum absolute atomic E-state index is 0.461. The van der Waals surface area contributed by atoms with Crippen LogP contribution in [-0.2, 0) is 6.42 Å². The van der Waals surface area contributed by atoms with Gasteiger partial charge in [-0.3, -0.25) is 0 Å². The van der Waals surface area contributed by atoms with Crippen LogP contribution in [0.25, 0.3) is 0 Å². The fourth-order valence-electron chi connectivity index (χ4n) is 2.50. The van der Waals surface area contributed by atoms with Crippen LogP contribution in [0.5, 0.6) is 0 Å². The van der Waals surface area contributed by atoms with Crippen LogP contribution in [0.15, 0.2) is 17.5 Å². The van der Waals surface area contributed by atoms with Crippen molar-refractivity contribution in [2.24, 2.45) is 10.8 Å². The van der Waals surface area contributed by atoms with E-state index in [1.165, 1.54) is 11.3 Å². The molecule has 0 spiro atoms. The van der Waals surface area contributed by atoms with E-state index in [-0.39, 0.29) is 0 Å². The molecular formula is C13H21NS. The monoisotopic (exact) mass is 223 g/mol. The van der Waals surface area contributed by atoms with Crippen molar-refractivity contribution in [3.63, 3.8) is 0 Å². The highest BCUT2D eigenvalue weighted by molar-refractivity contribution is 7.09. The van der Waals surface area contributed by atoms with Gasteiger partial charge in [0.05, 0.1) is 0 Å². The van der Waals surface area contributed by atoms with E-state index in [4.69, 9.17) is 0 Å². The van der Waals surface area contributed by atoms with Gasteiger partial charge in [0.25, 0.3) is 0 Å². The van der Waals surface area contributed by atoms with Gasteiger partial charge in [-0.2, -0.15) is 0 Å². The second kappa shape index (κ2) is 3.60. The third-order valence-corrected chi connectivity index (χ3v) is 5.26. The first-order valence-corrected chi connectivity index (χ1v) is 6.60. The predicted molar refractivity (Wildman–Crippen MR) is 67.4 cm³/mol. The largest absolute Gasteiger partial charge is 0.313 e. The number of hydrogen-bond donors (Lipinski definition) is 1. The summed E-state index contributed by atoms with van der Waals surface area (Å²) in [4.78, 5) is 1.48. The van der Waals surface area contributed by atoms with Gasteiger partial charge < -0.3 is 5.32 Å². The van der Waals surface area contributed by atoms with Crippen molar-refractivity contribution in [2.75, 3.05) is 6.54 Å². The molecule has 1 aliphatic carbocycles. The molecule has 1 aliphatic rings. The van der Waals surface area contributed by atoms with Crippen molar-refractivity contribution in [2.45, 2.75) is 40.2 Å². The Labute approximate surface area is 96.9 Å². The lowest BCUT2D eigenvalue weighted by molar-refractivity contribution is 0.457. The Kier molecular flexibility index (Phi) is 2.68. The average molecular weight is 223 g/mol. The van der Waals surface area contributed by atoms with Crippen LogP contribution in [0.4, 0.5) is 0 Å². The van der Waals surface area contributed by atoms with E-state index in [0.29, 0.717) is 16.9 Å². The van der Waals surface area contributed by atoms with Crippen LogP contribution in [0.2, 0.25) is 0 Å². The highest BCUT2D eigenvalue weighted by atomic mass is 32.1. The van der Waals surface area contributed by atoms with Gasteiger partial charge in [0, 0.05) is 17.5 Å². The van der Waals surface area contributed by atoms with E-state index in [0.717, 1.165) is 6.54 Å². The summed E-state index contributed by atoms with van der Waals surface area (Å²) in [5, 5.41) is 5.84. The molecular weight excluding hydrogens is 202 g/mol. The summed E-state index contributed by atoms with van der Waals surface area (Å²) < 4.78 is 0. The lowest BCUT2D eigenvalue weighted by Crippen LogP contribution is -2.24. The van der Waals surface area contributed by atoms with Crippen LogP contribution in [0, 0.1) is 10.8 Å². The molecule has 1 aromatic rings. The van der Waals surface area contributed by atoms with Crippen LogP contribution in [0.3, 0.4) is 0 Å². The predicted octanol–water partition coefficient (Wildman–Crippen LogP) is 3.31. The normalized spacial score (nSPS) is 22.9. The maximum Gasteiger partial charge on any atom is 0.0181 e. The zero-order chi connectivity index (χ0) is 11.1. The smallest absolute Gasteiger partial charge is 0.0181 e. The van der Waals surface area contributed by atoms with Crippen molar-refractivity contribution in [3.05, 3.63) is 22.4 Å². The highest BCUT2D eigenvalue weighted by Crippen LogP contribution is 2.62. The topological polar surface area (TPSA) is 12.0 Å². The lowest BCUT2D eigenvalue weighted by Gasteiger charge is -2.04.